The molecular weight excluding hydrogens is 310 g/mol. The first-order valence-corrected chi connectivity index (χ1v) is 7.67. The minimum absolute atomic E-state index is 0.00746. The van der Waals surface area contributed by atoms with E-state index in [0.29, 0.717) is 11.8 Å². The monoisotopic (exact) mass is 325 g/mol. The van der Waals surface area contributed by atoms with E-state index < -0.39 is 5.97 Å². The molecule has 2 N–H and O–H groups in total. The zero-order valence-electron chi connectivity index (χ0n) is 12.7. The van der Waals surface area contributed by atoms with Crippen molar-refractivity contribution in [2.24, 2.45) is 0 Å². The van der Waals surface area contributed by atoms with Crippen LogP contribution in [0.3, 0.4) is 0 Å². The van der Waals surface area contributed by atoms with Gasteiger partial charge in [-0.1, -0.05) is 17.3 Å². The fraction of sp³-hybridized carbons (Fsp3) is 0.250. The van der Waals surface area contributed by atoms with Crippen LogP contribution >= 0.6 is 0 Å². The minimum atomic E-state index is -1.20. The standard InChI is InChI=1S/C16H15N5O3/c22-16(23)14-15(19-20-18-14)24-13-6-4-10(5-7-13)11-8-17-21(9-11)12-2-1-3-12/h4-9,12H,1-3H2,(H,22,23)(H,18,19,20). The van der Waals surface area contributed by atoms with Crippen molar-refractivity contribution >= 4 is 5.97 Å². The van der Waals surface area contributed by atoms with Crippen molar-refractivity contribution in [1.29, 1.82) is 0 Å². The maximum absolute atomic E-state index is 11.0. The maximum Gasteiger partial charge on any atom is 0.362 e. The number of aromatic nitrogens is 5. The molecule has 4 rings (SSSR count). The summed E-state index contributed by atoms with van der Waals surface area (Å²) in [5, 5.41) is 22.8. The summed E-state index contributed by atoms with van der Waals surface area (Å²) >= 11 is 0. The average molecular weight is 325 g/mol. The molecule has 1 saturated carbocycles. The van der Waals surface area contributed by atoms with Crippen molar-refractivity contribution in [2.45, 2.75) is 25.3 Å². The minimum Gasteiger partial charge on any atom is -0.476 e. The first-order valence-electron chi connectivity index (χ1n) is 7.67. The number of hydrogen-bond donors (Lipinski definition) is 2. The van der Waals surface area contributed by atoms with Crippen LogP contribution in [0.4, 0.5) is 0 Å². The summed E-state index contributed by atoms with van der Waals surface area (Å²) in [5.74, 6) is -0.689. The van der Waals surface area contributed by atoms with Crippen molar-refractivity contribution in [3.63, 3.8) is 0 Å². The second-order valence-corrected chi connectivity index (χ2v) is 5.71. The normalized spacial score (nSPS) is 14.3. The Labute approximate surface area is 137 Å². The number of rotatable bonds is 5. The van der Waals surface area contributed by atoms with Gasteiger partial charge in [0.25, 0.3) is 5.88 Å². The molecule has 0 saturated heterocycles. The molecule has 8 nitrogen and oxygen atoms in total. The van der Waals surface area contributed by atoms with Gasteiger partial charge in [0.1, 0.15) is 5.75 Å². The molecule has 0 spiro atoms. The van der Waals surface area contributed by atoms with Crippen LogP contribution in [0.15, 0.2) is 36.7 Å². The van der Waals surface area contributed by atoms with E-state index in [1.807, 2.05) is 23.0 Å². The Morgan fingerprint density at radius 2 is 2.04 bits per heavy atom. The zero-order valence-corrected chi connectivity index (χ0v) is 12.7. The van der Waals surface area contributed by atoms with E-state index in [2.05, 4.69) is 26.7 Å². The van der Waals surface area contributed by atoms with E-state index in [9.17, 15) is 4.79 Å². The van der Waals surface area contributed by atoms with Crippen molar-refractivity contribution in [3.8, 4) is 22.8 Å². The number of carboxylic acid groups (broad SMARTS) is 1. The van der Waals surface area contributed by atoms with Gasteiger partial charge in [-0.05, 0) is 37.0 Å². The van der Waals surface area contributed by atoms with Crippen molar-refractivity contribution in [3.05, 3.63) is 42.4 Å². The largest absolute Gasteiger partial charge is 0.476 e. The second kappa shape index (κ2) is 5.80. The van der Waals surface area contributed by atoms with Crippen LogP contribution in [0.5, 0.6) is 11.6 Å². The molecule has 24 heavy (non-hydrogen) atoms. The van der Waals surface area contributed by atoms with Gasteiger partial charge in [0, 0.05) is 11.8 Å². The molecule has 2 heterocycles. The Balaban J connectivity index is 1.51. The highest BCUT2D eigenvalue weighted by atomic mass is 16.5. The van der Waals surface area contributed by atoms with Crippen LogP contribution in [0.1, 0.15) is 35.8 Å². The number of nitrogens with zero attached hydrogens (tertiary/aromatic N) is 4. The van der Waals surface area contributed by atoms with E-state index in [-0.39, 0.29) is 11.6 Å². The molecule has 122 valence electrons. The lowest BCUT2D eigenvalue weighted by Crippen LogP contribution is -2.16. The second-order valence-electron chi connectivity index (χ2n) is 5.71. The van der Waals surface area contributed by atoms with Crippen LogP contribution in [0, 0.1) is 0 Å². The van der Waals surface area contributed by atoms with Gasteiger partial charge in [-0.2, -0.15) is 5.10 Å². The number of aromatic amines is 1. The molecule has 0 radical (unpaired) electrons. The third kappa shape index (κ3) is 2.62. The molecule has 2 aromatic heterocycles. The van der Waals surface area contributed by atoms with Gasteiger partial charge < -0.3 is 9.84 Å². The molecule has 1 aromatic carbocycles. The molecule has 0 aliphatic heterocycles. The van der Waals surface area contributed by atoms with E-state index in [1.165, 1.54) is 19.3 Å². The van der Waals surface area contributed by atoms with Crippen molar-refractivity contribution in [2.75, 3.05) is 0 Å². The predicted octanol–water partition coefficient (Wildman–Crippen LogP) is 2.88. The fourth-order valence-electron chi connectivity index (χ4n) is 2.60. The number of aromatic carboxylic acids is 1. The van der Waals surface area contributed by atoms with Crippen LogP contribution in [-0.2, 0) is 0 Å². The van der Waals surface area contributed by atoms with Crippen LogP contribution in [-0.4, -0.2) is 36.3 Å². The summed E-state index contributed by atoms with van der Waals surface area (Å²) in [5.41, 5.74) is 1.82. The molecule has 0 amide bonds. The zero-order chi connectivity index (χ0) is 16.5. The lowest BCUT2D eigenvalue weighted by atomic mass is 9.93. The number of benzene rings is 1. The number of carbonyl (C=O) groups is 1. The Kier molecular flexibility index (Phi) is 3.49. The van der Waals surface area contributed by atoms with Gasteiger partial charge in [-0.3, -0.25) is 4.68 Å². The molecule has 1 fully saturated rings. The molecular formula is C16H15N5O3. The summed E-state index contributed by atoms with van der Waals surface area (Å²) in [4.78, 5) is 11.0. The fourth-order valence-corrected chi connectivity index (χ4v) is 2.60. The quantitative estimate of drug-likeness (QED) is 0.747. The Morgan fingerprint density at radius 3 is 2.71 bits per heavy atom. The molecule has 3 aromatic rings. The van der Waals surface area contributed by atoms with Crippen LogP contribution in [0.25, 0.3) is 11.1 Å². The van der Waals surface area contributed by atoms with E-state index >= 15 is 0 Å². The van der Waals surface area contributed by atoms with Gasteiger partial charge in [0.2, 0.25) is 5.69 Å². The Bertz CT molecular complexity index is 864. The molecule has 8 heteroatoms. The third-order valence-corrected chi connectivity index (χ3v) is 4.18. The topological polar surface area (TPSA) is 106 Å². The lowest BCUT2D eigenvalue weighted by molar-refractivity contribution is 0.0687. The maximum atomic E-state index is 11.0. The third-order valence-electron chi connectivity index (χ3n) is 4.18. The van der Waals surface area contributed by atoms with Gasteiger partial charge in [0.05, 0.1) is 12.2 Å². The van der Waals surface area contributed by atoms with Gasteiger partial charge in [0.15, 0.2) is 0 Å². The molecule has 1 aliphatic rings. The van der Waals surface area contributed by atoms with E-state index in [4.69, 9.17) is 9.84 Å². The number of ether oxygens (including phenoxy) is 1. The average Bonchev–Trinajstić information content (AvgIpc) is 3.16. The van der Waals surface area contributed by atoms with E-state index in [0.717, 1.165) is 11.1 Å². The van der Waals surface area contributed by atoms with Crippen LogP contribution in [0.2, 0.25) is 0 Å². The number of nitrogens with one attached hydrogen (secondary N) is 1. The summed E-state index contributed by atoms with van der Waals surface area (Å²) in [6.45, 7) is 0. The molecule has 1 aliphatic carbocycles. The molecule has 0 unspecified atom stereocenters. The number of hydrogen-bond acceptors (Lipinski definition) is 5. The van der Waals surface area contributed by atoms with Gasteiger partial charge in [-0.25, -0.2) is 9.89 Å². The highest BCUT2D eigenvalue weighted by molar-refractivity contribution is 5.87. The smallest absolute Gasteiger partial charge is 0.362 e. The van der Waals surface area contributed by atoms with Gasteiger partial charge in [-0.15, -0.1) is 5.10 Å². The van der Waals surface area contributed by atoms with Crippen molar-refractivity contribution < 1.29 is 14.6 Å². The lowest BCUT2D eigenvalue weighted by Gasteiger charge is -2.25. The predicted molar refractivity (Wildman–Crippen MR) is 84.0 cm³/mol. The van der Waals surface area contributed by atoms with Gasteiger partial charge >= 0.3 is 5.97 Å². The highest BCUT2D eigenvalue weighted by Crippen LogP contribution is 2.32. The van der Waals surface area contributed by atoms with Crippen LogP contribution < -0.4 is 4.74 Å². The molecule has 0 atom stereocenters. The number of H-pyrrole nitrogens is 1. The number of carboxylic acids is 1. The first kappa shape index (κ1) is 14.4. The summed E-state index contributed by atoms with van der Waals surface area (Å²) in [6.07, 6.45) is 7.57. The Hall–Kier alpha value is -3.16. The SMILES string of the molecule is O=C(O)c1nn[nH]c1Oc1ccc(-c2cnn(C3CCC3)c2)cc1. The summed E-state index contributed by atoms with van der Waals surface area (Å²) < 4.78 is 7.52. The summed E-state index contributed by atoms with van der Waals surface area (Å²) in [6, 6.07) is 7.87. The molecule has 0 bridgehead atoms. The first-order chi connectivity index (χ1) is 11.7. The summed E-state index contributed by atoms with van der Waals surface area (Å²) in [7, 11) is 0. The van der Waals surface area contributed by atoms with E-state index in [1.54, 1.807) is 12.1 Å². The highest BCUT2D eigenvalue weighted by Gasteiger charge is 2.20. The van der Waals surface area contributed by atoms with Crippen molar-refractivity contribution in [1.82, 2.24) is 25.2 Å². The Morgan fingerprint density at radius 1 is 1.25 bits per heavy atom.